The van der Waals surface area contributed by atoms with Crippen LogP contribution in [0.5, 0.6) is 0 Å². The molecule has 0 radical (unpaired) electrons. The molecule has 0 saturated carbocycles. The van der Waals surface area contributed by atoms with E-state index in [2.05, 4.69) is 5.32 Å². The van der Waals surface area contributed by atoms with Crippen molar-refractivity contribution in [3.8, 4) is 0 Å². The van der Waals surface area contributed by atoms with Gasteiger partial charge in [0.1, 0.15) is 0 Å². The number of carbonyl (C=O) groups excluding carboxylic acids is 1. The molecule has 1 aromatic heterocycles. The van der Waals surface area contributed by atoms with E-state index in [0.717, 1.165) is 4.88 Å². The van der Waals surface area contributed by atoms with E-state index in [1.165, 1.54) is 11.0 Å². The van der Waals surface area contributed by atoms with Crippen molar-refractivity contribution in [2.75, 3.05) is 6.61 Å². The molecular formula is C11H15NO2S. The van der Waals surface area contributed by atoms with E-state index in [1.54, 1.807) is 24.3 Å². The average molecular weight is 225 g/mol. The normalized spacial score (nSPS) is 13.0. The molecule has 0 aliphatic rings. The third-order valence-corrected chi connectivity index (χ3v) is 2.79. The maximum absolute atomic E-state index is 11.3. The van der Waals surface area contributed by atoms with Crippen LogP contribution in [0.15, 0.2) is 18.2 Å². The van der Waals surface area contributed by atoms with Crippen LogP contribution in [0.25, 0.3) is 6.08 Å². The number of thiophene rings is 1. The van der Waals surface area contributed by atoms with Crippen molar-refractivity contribution in [1.29, 1.82) is 0 Å². The van der Waals surface area contributed by atoms with Crippen LogP contribution < -0.4 is 5.32 Å². The minimum absolute atomic E-state index is 0.0440. The summed E-state index contributed by atoms with van der Waals surface area (Å²) in [5, 5.41) is 11.4. The predicted octanol–water partition coefficient (Wildman–Crippen LogP) is 1.57. The van der Waals surface area contributed by atoms with Crippen LogP contribution in [0.2, 0.25) is 0 Å². The molecule has 15 heavy (non-hydrogen) atoms. The van der Waals surface area contributed by atoms with Gasteiger partial charge >= 0.3 is 0 Å². The fourth-order valence-electron chi connectivity index (χ4n) is 1.04. The Balaban J connectivity index is 2.47. The first-order valence-corrected chi connectivity index (χ1v) is 5.59. The fraction of sp³-hybridized carbons (Fsp3) is 0.364. The zero-order chi connectivity index (χ0) is 11.3. The molecule has 4 heteroatoms. The highest BCUT2D eigenvalue weighted by Gasteiger charge is 2.01. The Morgan fingerprint density at radius 2 is 2.40 bits per heavy atom. The summed E-state index contributed by atoms with van der Waals surface area (Å²) in [6, 6.07) is 3.78. The number of rotatable bonds is 4. The molecule has 1 atom stereocenters. The standard InChI is InChI=1S/C11H15NO2S/c1-8(7-13)12-11(14)6-5-10-4-3-9(2)15-10/h3-6,8,13H,7H2,1-2H3,(H,12,14)/t8-/m1/s1. The monoisotopic (exact) mass is 225 g/mol. The van der Waals surface area contributed by atoms with Crippen LogP contribution in [0.4, 0.5) is 0 Å². The highest BCUT2D eigenvalue weighted by atomic mass is 32.1. The van der Waals surface area contributed by atoms with E-state index in [1.807, 2.05) is 19.1 Å². The van der Waals surface area contributed by atoms with Crippen molar-refractivity contribution in [3.05, 3.63) is 28.0 Å². The molecule has 0 saturated heterocycles. The smallest absolute Gasteiger partial charge is 0.244 e. The second-order valence-corrected chi connectivity index (χ2v) is 4.69. The van der Waals surface area contributed by atoms with Crippen LogP contribution in [-0.4, -0.2) is 23.7 Å². The van der Waals surface area contributed by atoms with E-state index in [0.29, 0.717) is 0 Å². The van der Waals surface area contributed by atoms with E-state index in [-0.39, 0.29) is 18.6 Å². The third-order valence-electron chi connectivity index (χ3n) is 1.82. The van der Waals surface area contributed by atoms with Crippen molar-refractivity contribution in [2.24, 2.45) is 0 Å². The van der Waals surface area contributed by atoms with Gasteiger partial charge in [-0.2, -0.15) is 0 Å². The number of aliphatic hydroxyl groups excluding tert-OH is 1. The predicted molar refractivity (Wildman–Crippen MR) is 62.8 cm³/mol. The molecular weight excluding hydrogens is 210 g/mol. The van der Waals surface area contributed by atoms with Crippen LogP contribution in [0, 0.1) is 6.92 Å². The number of aryl methyl sites for hydroxylation is 1. The molecule has 0 aliphatic heterocycles. The Bertz CT molecular complexity index is 357. The maximum Gasteiger partial charge on any atom is 0.244 e. The van der Waals surface area contributed by atoms with Gasteiger partial charge in [-0.15, -0.1) is 11.3 Å². The van der Waals surface area contributed by atoms with Crippen molar-refractivity contribution in [1.82, 2.24) is 5.32 Å². The first-order chi connectivity index (χ1) is 7.11. The molecule has 0 spiro atoms. The van der Waals surface area contributed by atoms with Gasteiger partial charge in [0.15, 0.2) is 0 Å². The SMILES string of the molecule is Cc1ccc(C=CC(=O)N[C@H](C)CO)s1. The highest BCUT2D eigenvalue weighted by Crippen LogP contribution is 2.16. The summed E-state index contributed by atoms with van der Waals surface area (Å²) in [5.74, 6) is -0.178. The Morgan fingerprint density at radius 3 is 2.93 bits per heavy atom. The molecule has 3 nitrogen and oxygen atoms in total. The third kappa shape index (κ3) is 4.27. The van der Waals surface area contributed by atoms with Gasteiger partial charge < -0.3 is 10.4 Å². The highest BCUT2D eigenvalue weighted by molar-refractivity contribution is 7.12. The van der Waals surface area contributed by atoms with Crippen molar-refractivity contribution in [3.63, 3.8) is 0 Å². The second kappa shape index (κ2) is 5.68. The molecule has 1 aromatic rings. The summed E-state index contributed by atoms with van der Waals surface area (Å²) >= 11 is 1.64. The van der Waals surface area contributed by atoms with Crippen molar-refractivity contribution >= 4 is 23.3 Å². The molecule has 0 unspecified atom stereocenters. The Labute approximate surface area is 93.4 Å². The molecule has 1 amide bonds. The fourth-order valence-corrected chi connectivity index (χ4v) is 1.82. The summed E-state index contributed by atoms with van der Waals surface area (Å²) in [6.07, 6.45) is 3.26. The van der Waals surface area contributed by atoms with Gasteiger partial charge in [0.2, 0.25) is 5.91 Å². The Hall–Kier alpha value is -1.13. The van der Waals surface area contributed by atoms with Crippen LogP contribution in [-0.2, 0) is 4.79 Å². The van der Waals surface area contributed by atoms with Gasteiger partial charge in [0.25, 0.3) is 0 Å². The molecule has 0 aromatic carbocycles. The van der Waals surface area contributed by atoms with Gasteiger partial charge in [-0.1, -0.05) is 0 Å². The zero-order valence-electron chi connectivity index (χ0n) is 8.86. The van der Waals surface area contributed by atoms with E-state index >= 15 is 0 Å². The molecule has 1 heterocycles. The van der Waals surface area contributed by atoms with Crippen LogP contribution >= 0.6 is 11.3 Å². The van der Waals surface area contributed by atoms with E-state index < -0.39 is 0 Å². The van der Waals surface area contributed by atoms with Crippen molar-refractivity contribution < 1.29 is 9.90 Å². The number of hydrogen-bond acceptors (Lipinski definition) is 3. The van der Waals surface area contributed by atoms with Crippen LogP contribution in [0.3, 0.4) is 0 Å². The lowest BCUT2D eigenvalue weighted by atomic mass is 10.3. The zero-order valence-corrected chi connectivity index (χ0v) is 9.67. The summed E-state index contributed by atoms with van der Waals surface area (Å²) in [6.45, 7) is 3.73. The van der Waals surface area contributed by atoms with E-state index in [4.69, 9.17) is 5.11 Å². The summed E-state index contributed by atoms with van der Waals surface area (Å²) in [4.78, 5) is 13.6. The summed E-state index contributed by atoms with van der Waals surface area (Å²) in [7, 11) is 0. The Kier molecular flexibility index (Phi) is 4.52. The number of aliphatic hydroxyl groups is 1. The molecule has 0 fully saturated rings. The first-order valence-electron chi connectivity index (χ1n) is 4.77. The van der Waals surface area contributed by atoms with Gasteiger partial charge in [-0.3, -0.25) is 4.79 Å². The lowest BCUT2D eigenvalue weighted by molar-refractivity contribution is -0.117. The molecule has 0 aliphatic carbocycles. The molecule has 2 N–H and O–H groups in total. The van der Waals surface area contributed by atoms with Gasteiger partial charge in [-0.25, -0.2) is 0 Å². The number of carbonyl (C=O) groups is 1. The number of nitrogens with one attached hydrogen (secondary N) is 1. The molecule has 0 bridgehead atoms. The largest absolute Gasteiger partial charge is 0.394 e. The lowest BCUT2D eigenvalue weighted by Gasteiger charge is -2.07. The molecule has 1 rings (SSSR count). The summed E-state index contributed by atoms with van der Waals surface area (Å²) in [5.41, 5.74) is 0. The van der Waals surface area contributed by atoms with Gasteiger partial charge in [0.05, 0.1) is 6.61 Å². The minimum Gasteiger partial charge on any atom is -0.394 e. The second-order valence-electron chi connectivity index (χ2n) is 3.37. The van der Waals surface area contributed by atoms with Gasteiger partial charge in [0, 0.05) is 21.9 Å². The van der Waals surface area contributed by atoms with E-state index in [9.17, 15) is 4.79 Å². The quantitative estimate of drug-likeness (QED) is 0.764. The topological polar surface area (TPSA) is 49.3 Å². The average Bonchev–Trinajstić information content (AvgIpc) is 2.61. The lowest BCUT2D eigenvalue weighted by Crippen LogP contribution is -2.33. The minimum atomic E-state index is -0.202. The number of amides is 1. The number of hydrogen-bond donors (Lipinski definition) is 2. The van der Waals surface area contributed by atoms with Crippen LogP contribution in [0.1, 0.15) is 16.7 Å². The maximum atomic E-state index is 11.3. The van der Waals surface area contributed by atoms with Gasteiger partial charge in [-0.05, 0) is 32.1 Å². The summed E-state index contributed by atoms with van der Waals surface area (Å²) < 4.78 is 0. The first kappa shape index (κ1) is 11.9. The Morgan fingerprint density at radius 1 is 1.67 bits per heavy atom. The van der Waals surface area contributed by atoms with Crippen molar-refractivity contribution in [2.45, 2.75) is 19.9 Å². The molecule has 82 valence electrons.